The number of nitrogens with one attached hydrogen (secondary N) is 1. The van der Waals surface area contributed by atoms with Crippen LogP contribution in [0.4, 0.5) is 15.9 Å². The Morgan fingerprint density at radius 3 is 2.54 bits per heavy atom. The molecule has 3 heterocycles. The standard InChI is InChI=1S/C32H28BrClFN7O4/c1-16-10-11-37-31(40-16)45-23-9-6-17(12-22(23)35)25-26-28(36)38-15-39-29(26)42(5)27(25)19-8-7-18(13-21(19)34)41-30(44)20(33)14-24(43)46-32(2,3)4/h6-15H,1-5H3,(H,41,44)(H2,36,38,39). The van der Waals surface area contributed by atoms with Crippen molar-refractivity contribution in [2.75, 3.05) is 11.1 Å². The number of amides is 1. The molecule has 1 amide bonds. The van der Waals surface area contributed by atoms with E-state index in [9.17, 15) is 9.59 Å². The van der Waals surface area contributed by atoms with Gasteiger partial charge in [-0.2, -0.15) is 0 Å². The fraction of sp³-hybridized carbons (Fsp3) is 0.188. The summed E-state index contributed by atoms with van der Waals surface area (Å²) in [6.07, 6.45) is 3.91. The minimum atomic E-state index is -0.713. The van der Waals surface area contributed by atoms with Gasteiger partial charge in [0, 0.05) is 41.8 Å². The summed E-state index contributed by atoms with van der Waals surface area (Å²) in [6.45, 7) is 6.94. The number of hydrogen-bond acceptors (Lipinski definition) is 9. The zero-order valence-electron chi connectivity index (χ0n) is 25.4. The predicted molar refractivity (Wildman–Crippen MR) is 177 cm³/mol. The zero-order chi connectivity index (χ0) is 33.3. The highest BCUT2D eigenvalue weighted by atomic mass is 79.9. The van der Waals surface area contributed by atoms with Crippen molar-refractivity contribution in [3.8, 4) is 34.1 Å². The molecule has 0 bridgehead atoms. The highest BCUT2D eigenvalue weighted by molar-refractivity contribution is 9.12. The fourth-order valence-corrected chi connectivity index (χ4v) is 5.22. The van der Waals surface area contributed by atoms with E-state index in [-0.39, 0.29) is 27.1 Å². The minimum absolute atomic E-state index is 0.0152. The van der Waals surface area contributed by atoms with Crippen LogP contribution < -0.4 is 15.8 Å². The molecule has 0 aliphatic carbocycles. The predicted octanol–water partition coefficient (Wildman–Crippen LogP) is 7.13. The fourth-order valence-electron chi connectivity index (χ4n) is 4.66. The molecule has 14 heteroatoms. The second kappa shape index (κ2) is 12.9. The molecule has 5 rings (SSSR count). The molecule has 11 nitrogen and oxygen atoms in total. The number of nitrogens with two attached hydrogens (primary N) is 1. The summed E-state index contributed by atoms with van der Waals surface area (Å²) in [5.41, 5.74) is 9.26. The van der Waals surface area contributed by atoms with Crippen molar-refractivity contribution in [3.63, 3.8) is 0 Å². The summed E-state index contributed by atoms with van der Waals surface area (Å²) in [6, 6.07) is 11.1. The second-order valence-electron chi connectivity index (χ2n) is 11.1. The number of nitrogen functional groups attached to an aromatic ring is 1. The van der Waals surface area contributed by atoms with Gasteiger partial charge in [-0.05, 0) is 85.6 Å². The first-order valence-corrected chi connectivity index (χ1v) is 15.0. The largest absolute Gasteiger partial charge is 0.457 e. The third-order valence-corrected chi connectivity index (χ3v) is 7.44. The van der Waals surface area contributed by atoms with Crippen molar-refractivity contribution in [2.45, 2.75) is 33.3 Å². The quantitative estimate of drug-likeness (QED) is 0.133. The van der Waals surface area contributed by atoms with Crippen LogP contribution in [-0.2, 0) is 21.4 Å². The summed E-state index contributed by atoms with van der Waals surface area (Å²) in [7, 11) is 1.78. The lowest BCUT2D eigenvalue weighted by molar-refractivity contribution is -0.148. The summed E-state index contributed by atoms with van der Waals surface area (Å²) >= 11 is 9.92. The van der Waals surface area contributed by atoms with Crippen molar-refractivity contribution in [1.29, 1.82) is 0 Å². The molecule has 0 spiro atoms. The molecular weight excluding hydrogens is 681 g/mol. The summed E-state index contributed by atoms with van der Waals surface area (Å²) in [5.74, 6) is -1.79. The van der Waals surface area contributed by atoms with Crippen LogP contribution in [0.1, 0.15) is 26.5 Å². The molecule has 0 saturated carbocycles. The average Bonchev–Trinajstić information content (AvgIpc) is 3.26. The number of nitrogens with zero attached hydrogens (tertiary/aromatic N) is 5. The Labute approximate surface area is 276 Å². The van der Waals surface area contributed by atoms with Crippen molar-refractivity contribution in [3.05, 3.63) is 82.1 Å². The van der Waals surface area contributed by atoms with Gasteiger partial charge in [-0.1, -0.05) is 17.7 Å². The zero-order valence-corrected chi connectivity index (χ0v) is 27.7. The molecule has 0 fully saturated rings. The van der Waals surface area contributed by atoms with Crippen LogP contribution in [-0.4, -0.2) is 42.0 Å². The number of aryl methyl sites for hydroxylation is 2. The SMILES string of the molecule is Cc1ccnc(Oc2ccc(-c3c(-c4ccc(NC(=O)C(Br)=CC(=O)OC(C)(C)C)cc4Cl)n(C)c4ncnc(N)c34)cc2F)n1. The Kier molecular flexibility index (Phi) is 9.08. The van der Waals surface area contributed by atoms with E-state index in [1.807, 2.05) is 0 Å². The molecule has 0 aliphatic rings. The first-order chi connectivity index (χ1) is 21.7. The van der Waals surface area contributed by atoms with Crippen molar-refractivity contribution in [1.82, 2.24) is 24.5 Å². The number of halogens is 3. The Bertz CT molecular complexity index is 2040. The summed E-state index contributed by atoms with van der Waals surface area (Å²) in [5, 5.41) is 3.46. The lowest BCUT2D eigenvalue weighted by Crippen LogP contribution is -2.23. The third kappa shape index (κ3) is 7.00. The topological polar surface area (TPSA) is 147 Å². The maximum atomic E-state index is 15.5. The van der Waals surface area contributed by atoms with E-state index in [2.05, 4.69) is 41.2 Å². The van der Waals surface area contributed by atoms with Crippen molar-refractivity contribution >= 4 is 61.9 Å². The first kappa shape index (κ1) is 32.5. The van der Waals surface area contributed by atoms with Gasteiger partial charge in [0.15, 0.2) is 11.6 Å². The van der Waals surface area contributed by atoms with Crippen molar-refractivity contribution in [2.24, 2.45) is 7.05 Å². The first-order valence-electron chi connectivity index (χ1n) is 13.8. The van der Waals surface area contributed by atoms with Crippen LogP contribution in [0.15, 0.2) is 65.5 Å². The monoisotopic (exact) mass is 707 g/mol. The smallest absolute Gasteiger partial charge is 0.332 e. The lowest BCUT2D eigenvalue weighted by Gasteiger charge is -2.18. The lowest BCUT2D eigenvalue weighted by atomic mass is 9.98. The number of aromatic nitrogens is 5. The maximum absolute atomic E-state index is 15.5. The third-order valence-electron chi connectivity index (χ3n) is 6.54. The molecule has 2 aromatic carbocycles. The van der Waals surface area contributed by atoms with Gasteiger partial charge in [0.25, 0.3) is 5.91 Å². The molecule has 0 saturated heterocycles. The number of esters is 1. The number of hydrogen-bond donors (Lipinski definition) is 2. The molecule has 3 aromatic heterocycles. The van der Waals surface area contributed by atoms with Gasteiger partial charge in [0.05, 0.1) is 20.6 Å². The van der Waals surface area contributed by atoms with Crippen LogP contribution in [0, 0.1) is 12.7 Å². The van der Waals surface area contributed by atoms with Gasteiger partial charge in [0.1, 0.15) is 23.4 Å². The molecule has 0 radical (unpaired) electrons. The number of rotatable bonds is 7. The van der Waals surface area contributed by atoms with E-state index in [1.54, 1.807) is 69.6 Å². The summed E-state index contributed by atoms with van der Waals surface area (Å²) in [4.78, 5) is 41.6. The highest BCUT2D eigenvalue weighted by Crippen LogP contribution is 2.44. The Hall–Kier alpha value is -4.88. The van der Waals surface area contributed by atoms with E-state index < -0.39 is 23.3 Å². The van der Waals surface area contributed by atoms with Crippen LogP contribution >= 0.6 is 27.5 Å². The normalized spacial score (nSPS) is 11.9. The van der Waals surface area contributed by atoms with E-state index in [4.69, 9.17) is 26.8 Å². The molecule has 3 N–H and O–H groups in total. The Morgan fingerprint density at radius 1 is 1.11 bits per heavy atom. The highest BCUT2D eigenvalue weighted by Gasteiger charge is 2.25. The van der Waals surface area contributed by atoms with E-state index in [0.29, 0.717) is 44.8 Å². The van der Waals surface area contributed by atoms with Crippen LogP contribution in [0.5, 0.6) is 11.8 Å². The van der Waals surface area contributed by atoms with Gasteiger partial charge in [-0.3, -0.25) is 4.79 Å². The number of fused-ring (bicyclic) bond motifs is 1. The number of carbonyl (C=O) groups excluding carboxylic acids is 2. The van der Waals surface area contributed by atoms with Gasteiger partial charge < -0.3 is 25.1 Å². The van der Waals surface area contributed by atoms with Gasteiger partial charge >= 0.3 is 12.0 Å². The Balaban J connectivity index is 1.52. The van der Waals surface area contributed by atoms with E-state index in [1.165, 1.54) is 24.7 Å². The Morgan fingerprint density at radius 2 is 1.87 bits per heavy atom. The molecule has 5 aromatic rings. The summed E-state index contributed by atoms with van der Waals surface area (Å²) < 4.78 is 28.1. The molecule has 0 unspecified atom stereocenters. The molecule has 0 aliphatic heterocycles. The minimum Gasteiger partial charge on any atom is -0.457 e. The van der Waals surface area contributed by atoms with Gasteiger partial charge in [-0.25, -0.2) is 29.1 Å². The number of anilines is 2. The average molecular weight is 709 g/mol. The molecular formula is C32H28BrClFN7O4. The van der Waals surface area contributed by atoms with Gasteiger partial charge in [0.2, 0.25) is 0 Å². The van der Waals surface area contributed by atoms with Crippen molar-refractivity contribution < 1.29 is 23.5 Å². The van der Waals surface area contributed by atoms with Gasteiger partial charge in [-0.15, -0.1) is 0 Å². The molecule has 236 valence electrons. The van der Waals surface area contributed by atoms with Crippen LogP contribution in [0.2, 0.25) is 5.02 Å². The van der Waals surface area contributed by atoms with Crippen LogP contribution in [0.25, 0.3) is 33.4 Å². The number of benzene rings is 2. The van der Waals surface area contributed by atoms with E-state index >= 15 is 4.39 Å². The molecule has 0 atom stereocenters. The maximum Gasteiger partial charge on any atom is 0.332 e. The number of carbonyl (C=O) groups is 2. The number of ether oxygens (including phenoxy) is 2. The molecule has 46 heavy (non-hydrogen) atoms. The second-order valence-corrected chi connectivity index (χ2v) is 12.4. The van der Waals surface area contributed by atoms with Crippen LogP contribution in [0.3, 0.4) is 0 Å². The van der Waals surface area contributed by atoms with E-state index in [0.717, 1.165) is 6.08 Å².